The molecule has 2 fully saturated rings. The van der Waals surface area contributed by atoms with Gasteiger partial charge in [0.15, 0.2) is 0 Å². The van der Waals surface area contributed by atoms with E-state index < -0.39 is 0 Å². The van der Waals surface area contributed by atoms with Crippen LogP contribution in [0.25, 0.3) is 17.2 Å². The molecule has 0 unspecified atom stereocenters. The van der Waals surface area contributed by atoms with Crippen molar-refractivity contribution >= 4 is 34.9 Å². The molecule has 2 aliphatic rings. The molecular formula is C28H29N5O3S. The van der Waals surface area contributed by atoms with Crippen LogP contribution >= 0.6 is 11.8 Å². The van der Waals surface area contributed by atoms with E-state index in [1.165, 1.54) is 11.1 Å². The molecule has 8 nitrogen and oxygen atoms in total. The van der Waals surface area contributed by atoms with E-state index in [1.54, 1.807) is 25.4 Å². The highest BCUT2D eigenvalue weighted by Crippen LogP contribution is 2.32. The zero-order valence-electron chi connectivity index (χ0n) is 20.6. The number of carbonyl (C=O) groups excluding carboxylic acids is 2. The molecule has 190 valence electrons. The van der Waals surface area contributed by atoms with Crippen LogP contribution in [0.4, 0.5) is 10.7 Å². The normalized spacial score (nSPS) is 20.6. The number of aromatic nitrogens is 2. The number of hydrogen-bond donors (Lipinski definition) is 3. The van der Waals surface area contributed by atoms with Gasteiger partial charge < -0.3 is 15.4 Å². The standard InChI is InChI=1S/C28H29N5O3S/c1-36-24-9-5-4-8-23(24)22-7-3-2-6-18(22)17-30-19-10-12-20(13-11-19)31-27-29-15-14-21(32-27)16-25-26(34)33-28(35)37-25/h2-9,14-16,19-20,30H,10-13,17H2,1H3,(H,29,31,32)(H,33,34,35)/b25-16-/t19-,20-. The molecule has 2 heterocycles. The molecule has 2 aromatic carbocycles. The molecule has 3 aromatic rings. The fraction of sp³-hybridized carbons (Fsp3) is 0.286. The first-order valence-electron chi connectivity index (χ1n) is 12.4. The fourth-order valence-corrected chi connectivity index (χ4v) is 5.43. The number of nitrogens with one attached hydrogen (secondary N) is 3. The second kappa shape index (κ2) is 11.6. The molecule has 0 atom stereocenters. The molecule has 3 N–H and O–H groups in total. The number of amides is 2. The summed E-state index contributed by atoms with van der Waals surface area (Å²) in [5.74, 6) is 1.02. The lowest BCUT2D eigenvalue weighted by Gasteiger charge is -2.30. The molecule has 9 heteroatoms. The Morgan fingerprint density at radius 2 is 1.73 bits per heavy atom. The van der Waals surface area contributed by atoms with Crippen LogP contribution in [0.5, 0.6) is 5.75 Å². The number of ether oxygens (including phenoxy) is 1. The van der Waals surface area contributed by atoms with E-state index in [-0.39, 0.29) is 17.2 Å². The summed E-state index contributed by atoms with van der Waals surface area (Å²) >= 11 is 0.882. The van der Waals surface area contributed by atoms with Gasteiger partial charge in [-0.05, 0) is 66.8 Å². The number of methoxy groups -OCH3 is 1. The second-order valence-corrected chi connectivity index (χ2v) is 10.1. The number of hydrogen-bond acceptors (Lipinski definition) is 8. The van der Waals surface area contributed by atoms with Gasteiger partial charge in [0.05, 0.1) is 17.7 Å². The van der Waals surface area contributed by atoms with Crippen molar-refractivity contribution in [2.45, 2.75) is 44.3 Å². The molecule has 1 saturated carbocycles. The Bertz CT molecular complexity index is 1320. The molecule has 0 spiro atoms. The monoisotopic (exact) mass is 515 g/mol. The van der Waals surface area contributed by atoms with E-state index in [9.17, 15) is 9.59 Å². The van der Waals surface area contributed by atoms with Gasteiger partial charge in [-0.2, -0.15) is 0 Å². The van der Waals surface area contributed by atoms with E-state index in [0.717, 1.165) is 55.3 Å². The SMILES string of the molecule is COc1ccccc1-c1ccccc1CN[C@H]1CC[C@H](Nc2nccc(/C=C3\SC(=O)NC3=O)n2)CC1. The van der Waals surface area contributed by atoms with Gasteiger partial charge in [-0.25, -0.2) is 9.97 Å². The van der Waals surface area contributed by atoms with Crippen molar-refractivity contribution in [1.82, 2.24) is 20.6 Å². The van der Waals surface area contributed by atoms with E-state index in [4.69, 9.17) is 4.74 Å². The Kier molecular flexibility index (Phi) is 7.82. The first kappa shape index (κ1) is 25.0. The van der Waals surface area contributed by atoms with Crippen LogP contribution in [-0.4, -0.2) is 40.3 Å². The average molecular weight is 516 g/mol. The number of imide groups is 1. The van der Waals surface area contributed by atoms with Gasteiger partial charge in [-0.15, -0.1) is 0 Å². The van der Waals surface area contributed by atoms with Crippen molar-refractivity contribution in [2.24, 2.45) is 0 Å². The van der Waals surface area contributed by atoms with Gasteiger partial charge in [0.25, 0.3) is 11.1 Å². The number of para-hydroxylation sites is 1. The Morgan fingerprint density at radius 3 is 2.49 bits per heavy atom. The maximum Gasteiger partial charge on any atom is 0.290 e. The summed E-state index contributed by atoms with van der Waals surface area (Å²) in [5.41, 5.74) is 4.14. The summed E-state index contributed by atoms with van der Waals surface area (Å²) in [7, 11) is 1.71. The van der Waals surface area contributed by atoms with Crippen molar-refractivity contribution < 1.29 is 14.3 Å². The fourth-order valence-electron chi connectivity index (χ4n) is 4.76. The average Bonchev–Trinajstić information content (AvgIpc) is 3.24. The van der Waals surface area contributed by atoms with Crippen LogP contribution in [0.2, 0.25) is 0 Å². The largest absolute Gasteiger partial charge is 0.496 e. The maximum atomic E-state index is 11.8. The highest BCUT2D eigenvalue weighted by Gasteiger charge is 2.25. The van der Waals surface area contributed by atoms with Gasteiger partial charge in [0.2, 0.25) is 5.95 Å². The van der Waals surface area contributed by atoms with Gasteiger partial charge in [-0.1, -0.05) is 42.5 Å². The number of rotatable bonds is 8. The molecule has 1 saturated heterocycles. The van der Waals surface area contributed by atoms with Crippen LogP contribution in [0, 0.1) is 0 Å². The summed E-state index contributed by atoms with van der Waals surface area (Å²) in [6, 6.07) is 19.0. The zero-order valence-corrected chi connectivity index (χ0v) is 21.4. The molecule has 1 aliphatic carbocycles. The summed E-state index contributed by atoms with van der Waals surface area (Å²) in [6.45, 7) is 0.797. The predicted octanol–water partition coefficient (Wildman–Crippen LogP) is 4.99. The summed E-state index contributed by atoms with van der Waals surface area (Å²) < 4.78 is 5.59. The number of benzene rings is 2. The molecule has 5 rings (SSSR count). The molecule has 2 amide bonds. The van der Waals surface area contributed by atoms with Crippen molar-refractivity contribution in [3.05, 3.63) is 77.0 Å². The Labute approximate surface area is 220 Å². The minimum atomic E-state index is -0.389. The van der Waals surface area contributed by atoms with Crippen LogP contribution in [0.1, 0.15) is 36.9 Å². The Balaban J connectivity index is 1.15. The molecule has 37 heavy (non-hydrogen) atoms. The quantitative estimate of drug-likeness (QED) is 0.361. The molecule has 0 bridgehead atoms. The van der Waals surface area contributed by atoms with E-state index in [1.807, 2.05) is 18.2 Å². The minimum absolute atomic E-state index is 0.285. The van der Waals surface area contributed by atoms with Crippen LogP contribution in [0.15, 0.2) is 65.7 Å². The summed E-state index contributed by atoms with van der Waals surface area (Å²) in [4.78, 5) is 32.4. The van der Waals surface area contributed by atoms with Crippen LogP contribution < -0.4 is 20.7 Å². The van der Waals surface area contributed by atoms with Crippen molar-refractivity contribution in [1.29, 1.82) is 0 Å². The predicted molar refractivity (Wildman–Crippen MR) is 146 cm³/mol. The summed E-state index contributed by atoms with van der Waals surface area (Å²) in [5, 5.41) is 9.08. The van der Waals surface area contributed by atoms with Crippen molar-refractivity contribution in [3.8, 4) is 16.9 Å². The van der Waals surface area contributed by atoms with Gasteiger partial charge in [0, 0.05) is 30.4 Å². The number of anilines is 1. The smallest absolute Gasteiger partial charge is 0.290 e. The third-order valence-corrected chi connectivity index (χ3v) is 7.46. The lowest BCUT2D eigenvalue weighted by atomic mass is 9.90. The molecular weight excluding hydrogens is 486 g/mol. The third-order valence-electron chi connectivity index (χ3n) is 6.65. The first-order valence-corrected chi connectivity index (χ1v) is 13.2. The van der Waals surface area contributed by atoms with Gasteiger partial charge >= 0.3 is 0 Å². The lowest BCUT2D eigenvalue weighted by molar-refractivity contribution is -0.115. The van der Waals surface area contributed by atoms with E-state index in [0.29, 0.717) is 22.6 Å². The van der Waals surface area contributed by atoms with Crippen molar-refractivity contribution in [2.75, 3.05) is 12.4 Å². The molecule has 0 radical (unpaired) electrons. The van der Waals surface area contributed by atoms with Gasteiger partial charge in [-0.3, -0.25) is 14.9 Å². The molecule has 1 aromatic heterocycles. The number of carbonyl (C=O) groups is 2. The van der Waals surface area contributed by atoms with Crippen molar-refractivity contribution in [3.63, 3.8) is 0 Å². The first-order chi connectivity index (χ1) is 18.1. The zero-order chi connectivity index (χ0) is 25.6. The Morgan fingerprint density at radius 1 is 1.00 bits per heavy atom. The minimum Gasteiger partial charge on any atom is -0.496 e. The Hall–Kier alpha value is -3.69. The maximum absolute atomic E-state index is 11.8. The topological polar surface area (TPSA) is 105 Å². The van der Waals surface area contributed by atoms with Crippen LogP contribution in [-0.2, 0) is 11.3 Å². The highest BCUT2D eigenvalue weighted by atomic mass is 32.2. The summed E-state index contributed by atoms with van der Waals surface area (Å²) in [6.07, 6.45) is 7.39. The molecule has 1 aliphatic heterocycles. The highest BCUT2D eigenvalue weighted by molar-refractivity contribution is 8.18. The number of thioether (sulfide) groups is 1. The van der Waals surface area contributed by atoms with Crippen LogP contribution in [0.3, 0.4) is 0 Å². The number of nitrogens with zero attached hydrogens (tertiary/aromatic N) is 2. The van der Waals surface area contributed by atoms with Gasteiger partial charge in [0.1, 0.15) is 5.75 Å². The van der Waals surface area contributed by atoms with E-state index in [2.05, 4.69) is 56.3 Å². The van der Waals surface area contributed by atoms with E-state index >= 15 is 0 Å². The lowest BCUT2D eigenvalue weighted by Crippen LogP contribution is -2.37. The third kappa shape index (κ3) is 6.18. The second-order valence-electron chi connectivity index (χ2n) is 9.09.